The topological polar surface area (TPSA) is 30.7 Å². The van der Waals surface area contributed by atoms with E-state index in [2.05, 4.69) is 30.3 Å². The van der Waals surface area contributed by atoms with Crippen molar-refractivity contribution in [3.05, 3.63) is 23.7 Å². The molecule has 0 bridgehead atoms. The molecule has 1 atom stereocenters. The third kappa shape index (κ3) is 3.14. The van der Waals surface area contributed by atoms with Crippen LogP contribution in [-0.2, 0) is 6.42 Å². The molecule has 0 aliphatic heterocycles. The number of unbranched alkanes of at least 4 members (excludes halogenated alkanes) is 2. The Morgan fingerprint density at radius 3 is 2.85 bits per heavy atom. The fraction of sp³-hybridized carbons (Fsp3) is 0.625. The first kappa shape index (κ1) is 15.3. The number of pyridine rings is 1. The van der Waals surface area contributed by atoms with Gasteiger partial charge in [-0.1, -0.05) is 26.2 Å². The number of fused-ring (bicyclic) bond motifs is 1. The predicted molar refractivity (Wildman–Crippen MR) is 85.5 cm³/mol. The Kier molecular flexibility index (Phi) is 5.41. The van der Waals surface area contributed by atoms with Crippen LogP contribution in [0.25, 0.3) is 11.2 Å². The molecule has 2 rings (SSSR count). The molecule has 2 heterocycles. The molecular weight excluding hydrogens is 270 g/mol. The van der Waals surface area contributed by atoms with Gasteiger partial charge in [-0.25, -0.2) is 9.97 Å². The first-order chi connectivity index (χ1) is 9.69. The number of hydrogen-bond donors (Lipinski definition) is 0. The van der Waals surface area contributed by atoms with E-state index >= 15 is 0 Å². The lowest BCUT2D eigenvalue weighted by atomic mass is 10.1. The van der Waals surface area contributed by atoms with Crippen LogP contribution in [0.15, 0.2) is 12.3 Å². The SMILES string of the molecule is CCCCCC(C)n1c(CCCl)nc2c(C)ccnc21. The van der Waals surface area contributed by atoms with Gasteiger partial charge in [0.05, 0.1) is 0 Å². The van der Waals surface area contributed by atoms with E-state index < -0.39 is 0 Å². The summed E-state index contributed by atoms with van der Waals surface area (Å²) in [6.07, 6.45) is 7.64. The highest BCUT2D eigenvalue weighted by molar-refractivity contribution is 6.17. The molecule has 0 aliphatic rings. The normalized spacial score (nSPS) is 13.0. The number of aromatic nitrogens is 3. The van der Waals surface area contributed by atoms with E-state index in [1.54, 1.807) is 0 Å². The van der Waals surface area contributed by atoms with Crippen molar-refractivity contribution in [3.63, 3.8) is 0 Å². The van der Waals surface area contributed by atoms with Crippen molar-refractivity contribution < 1.29 is 0 Å². The summed E-state index contributed by atoms with van der Waals surface area (Å²) >= 11 is 5.93. The number of aryl methyl sites for hydroxylation is 2. The monoisotopic (exact) mass is 293 g/mol. The minimum Gasteiger partial charge on any atom is -0.310 e. The minimum atomic E-state index is 0.430. The maximum Gasteiger partial charge on any atom is 0.160 e. The first-order valence-corrected chi connectivity index (χ1v) is 8.10. The molecule has 0 radical (unpaired) electrons. The second-order valence-electron chi connectivity index (χ2n) is 5.48. The fourth-order valence-electron chi connectivity index (χ4n) is 2.70. The van der Waals surface area contributed by atoms with Gasteiger partial charge in [0.1, 0.15) is 11.3 Å². The Morgan fingerprint density at radius 1 is 1.35 bits per heavy atom. The maximum absolute atomic E-state index is 5.93. The highest BCUT2D eigenvalue weighted by atomic mass is 35.5. The van der Waals surface area contributed by atoms with Gasteiger partial charge in [0.2, 0.25) is 0 Å². The molecule has 0 aromatic carbocycles. The Morgan fingerprint density at radius 2 is 2.15 bits per heavy atom. The minimum absolute atomic E-state index is 0.430. The van der Waals surface area contributed by atoms with Crippen molar-refractivity contribution in [2.24, 2.45) is 0 Å². The lowest BCUT2D eigenvalue weighted by molar-refractivity contribution is 0.472. The molecule has 0 saturated heterocycles. The van der Waals surface area contributed by atoms with E-state index in [9.17, 15) is 0 Å². The molecule has 20 heavy (non-hydrogen) atoms. The Bertz CT molecular complexity index is 562. The van der Waals surface area contributed by atoms with Gasteiger partial charge in [-0.2, -0.15) is 0 Å². The van der Waals surface area contributed by atoms with Gasteiger partial charge in [-0.05, 0) is 31.9 Å². The maximum atomic E-state index is 5.93. The Hall–Kier alpha value is -1.09. The van der Waals surface area contributed by atoms with Gasteiger partial charge in [-0.3, -0.25) is 0 Å². The quantitative estimate of drug-likeness (QED) is 0.549. The van der Waals surface area contributed by atoms with E-state index in [1.165, 1.54) is 31.2 Å². The summed E-state index contributed by atoms with van der Waals surface area (Å²) < 4.78 is 2.29. The molecule has 3 nitrogen and oxygen atoms in total. The largest absolute Gasteiger partial charge is 0.310 e. The number of halogens is 1. The Labute approximate surface area is 126 Å². The van der Waals surface area contributed by atoms with E-state index in [0.717, 1.165) is 23.4 Å². The fourth-order valence-corrected chi connectivity index (χ4v) is 2.87. The first-order valence-electron chi connectivity index (χ1n) is 7.57. The summed E-state index contributed by atoms with van der Waals surface area (Å²) in [5.74, 6) is 1.67. The molecule has 0 fully saturated rings. The predicted octanol–water partition coefficient (Wildman–Crippen LogP) is 4.66. The van der Waals surface area contributed by atoms with Crippen LogP contribution in [0.5, 0.6) is 0 Å². The molecule has 0 N–H and O–H groups in total. The van der Waals surface area contributed by atoms with Crippen LogP contribution < -0.4 is 0 Å². The van der Waals surface area contributed by atoms with Crippen molar-refractivity contribution >= 4 is 22.8 Å². The van der Waals surface area contributed by atoms with E-state index in [4.69, 9.17) is 16.6 Å². The van der Waals surface area contributed by atoms with Crippen LogP contribution in [0.4, 0.5) is 0 Å². The molecular formula is C16H24ClN3. The van der Waals surface area contributed by atoms with Crippen LogP contribution in [-0.4, -0.2) is 20.4 Å². The smallest absolute Gasteiger partial charge is 0.160 e. The van der Waals surface area contributed by atoms with Gasteiger partial charge in [0, 0.05) is 24.5 Å². The van der Waals surface area contributed by atoms with Crippen LogP contribution in [0, 0.1) is 6.92 Å². The van der Waals surface area contributed by atoms with Gasteiger partial charge >= 0.3 is 0 Å². The molecule has 2 aromatic heterocycles. The third-order valence-corrected chi connectivity index (χ3v) is 4.03. The molecule has 2 aromatic rings. The molecule has 0 saturated carbocycles. The zero-order valence-electron chi connectivity index (χ0n) is 12.7. The number of hydrogen-bond acceptors (Lipinski definition) is 2. The highest BCUT2D eigenvalue weighted by Gasteiger charge is 2.17. The zero-order chi connectivity index (χ0) is 14.5. The lowest BCUT2D eigenvalue weighted by Crippen LogP contribution is -2.10. The number of rotatable bonds is 7. The molecule has 0 amide bonds. The summed E-state index contributed by atoms with van der Waals surface area (Å²) in [5, 5.41) is 0. The van der Waals surface area contributed by atoms with Crippen LogP contribution in [0.3, 0.4) is 0 Å². The van der Waals surface area contributed by atoms with E-state index in [1.807, 2.05) is 12.3 Å². The average Bonchev–Trinajstić information content (AvgIpc) is 2.79. The Balaban J connectivity index is 2.37. The van der Waals surface area contributed by atoms with Crippen LogP contribution >= 0.6 is 11.6 Å². The number of imidazole rings is 1. The molecule has 0 spiro atoms. The standard InChI is InChI=1S/C16H24ClN3/c1-4-5-6-7-13(3)20-14(8-10-17)19-15-12(2)9-11-18-16(15)20/h9,11,13H,4-8,10H2,1-3H3. The van der Waals surface area contributed by atoms with Crippen molar-refractivity contribution in [3.8, 4) is 0 Å². The van der Waals surface area contributed by atoms with Gasteiger partial charge in [0.15, 0.2) is 5.65 Å². The van der Waals surface area contributed by atoms with Gasteiger partial charge in [-0.15, -0.1) is 11.6 Å². The number of nitrogens with zero attached hydrogens (tertiary/aromatic N) is 3. The second kappa shape index (κ2) is 7.07. The highest BCUT2D eigenvalue weighted by Crippen LogP contribution is 2.25. The summed E-state index contributed by atoms with van der Waals surface area (Å²) in [6, 6.07) is 2.45. The van der Waals surface area contributed by atoms with Crippen molar-refractivity contribution in [1.82, 2.24) is 14.5 Å². The third-order valence-electron chi connectivity index (χ3n) is 3.84. The summed E-state index contributed by atoms with van der Waals surface area (Å²) in [7, 11) is 0. The van der Waals surface area contributed by atoms with Crippen LogP contribution in [0.1, 0.15) is 57.0 Å². The number of alkyl halides is 1. The molecule has 110 valence electrons. The zero-order valence-corrected chi connectivity index (χ0v) is 13.5. The lowest BCUT2D eigenvalue weighted by Gasteiger charge is -2.16. The van der Waals surface area contributed by atoms with E-state index in [-0.39, 0.29) is 0 Å². The molecule has 0 aliphatic carbocycles. The summed E-state index contributed by atoms with van der Waals surface area (Å²) in [6.45, 7) is 6.59. The molecule has 4 heteroatoms. The van der Waals surface area contributed by atoms with Crippen molar-refractivity contribution in [2.45, 2.75) is 58.9 Å². The van der Waals surface area contributed by atoms with Crippen molar-refractivity contribution in [1.29, 1.82) is 0 Å². The second-order valence-corrected chi connectivity index (χ2v) is 5.86. The summed E-state index contributed by atoms with van der Waals surface area (Å²) in [4.78, 5) is 9.32. The van der Waals surface area contributed by atoms with Gasteiger partial charge in [0.25, 0.3) is 0 Å². The molecule has 1 unspecified atom stereocenters. The van der Waals surface area contributed by atoms with Crippen LogP contribution in [0.2, 0.25) is 0 Å². The van der Waals surface area contributed by atoms with Crippen molar-refractivity contribution in [2.75, 3.05) is 5.88 Å². The van der Waals surface area contributed by atoms with E-state index in [0.29, 0.717) is 11.9 Å². The summed E-state index contributed by atoms with van der Waals surface area (Å²) in [5.41, 5.74) is 3.22. The average molecular weight is 294 g/mol. The van der Waals surface area contributed by atoms with Gasteiger partial charge < -0.3 is 4.57 Å².